The highest BCUT2D eigenvalue weighted by Gasteiger charge is 2.20. The van der Waals surface area contributed by atoms with Crippen molar-refractivity contribution in [1.29, 1.82) is 0 Å². The smallest absolute Gasteiger partial charge is 0.306 e. The molecule has 0 amide bonds. The fourth-order valence-electron chi connectivity index (χ4n) is 7.84. The summed E-state index contributed by atoms with van der Waals surface area (Å²) in [7, 11) is -2.67. The Kier molecular flexibility index (Phi) is 24.4. The number of rotatable bonds is 30. The molecule has 0 fully saturated rings. The largest absolute Gasteiger partial charge is 0.319 e. The molecule has 2 rings (SSSR count). The molecular formula is C46H79O3P. The first-order valence-electron chi connectivity index (χ1n) is 21.4. The minimum Gasteiger partial charge on any atom is -0.306 e. The Labute approximate surface area is 311 Å². The molecule has 4 heteroatoms. The van der Waals surface area contributed by atoms with Crippen LogP contribution in [0.5, 0.6) is 0 Å². The Bertz CT molecular complexity index is 1090. The van der Waals surface area contributed by atoms with E-state index in [-0.39, 0.29) is 0 Å². The molecular weight excluding hydrogens is 631 g/mol. The standard InChI is InChI=1S/C46H79O3P/c1-9-17-23-37(13-5)31-41-27-21-29-43(45(41)33-39(15-7)25-19-11-3)35-48-50(47)49-36-44-30-22-28-42(32-38(14-6)24-18-10-2)46(44)34-40(16-8)26-20-12-4/h21-22,27-30,37-40,50H,9-20,23-26,31-36H2,1-8H3. The van der Waals surface area contributed by atoms with Crippen molar-refractivity contribution in [2.75, 3.05) is 0 Å². The van der Waals surface area contributed by atoms with Gasteiger partial charge < -0.3 is 9.05 Å². The SMILES string of the molecule is CCCCC(CC)Cc1cccc(CO[PH](=O)OCc2cccc(CC(CC)CCCC)c2CC(CC)CCCC)c1CC(CC)CCCC. The third-order valence-corrected chi connectivity index (χ3v) is 12.4. The third-order valence-electron chi connectivity index (χ3n) is 11.6. The highest BCUT2D eigenvalue weighted by atomic mass is 31.1. The zero-order chi connectivity index (χ0) is 36.6. The van der Waals surface area contributed by atoms with Crippen LogP contribution in [0, 0.1) is 23.7 Å². The number of benzene rings is 2. The maximum atomic E-state index is 13.4. The molecule has 0 spiro atoms. The molecule has 2 aromatic carbocycles. The van der Waals surface area contributed by atoms with Crippen LogP contribution in [0.15, 0.2) is 36.4 Å². The second-order valence-corrected chi connectivity index (χ2v) is 16.5. The zero-order valence-electron chi connectivity index (χ0n) is 34.1. The van der Waals surface area contributed by atoms with Crippen molar-refractivity contribution in [2.45, 2.75) is 197 Å². The van der Waals surface area contributed by atoms with Crippen molar-refractivity contribution in [3.63, 3.8) is 0 Å². The Balaban J connectivity index is 2.27. The summed E-state index contributed by atoms with van der Waals surface area (Å²) in [6.45, 7) is 19.2. The van der Waals surface area contributed by atoms with E-state index in [9.17, 15) is 4.57 Å². The topological polar surface area (TPSA) is 35.5 Å². The summed E-state index contributed by atoms with van der Waals surface area (Å²) < 4.78 is 25.7. The lowest BCUT2D eigenvalue weighted by atomic mass is 9.83. The van der Waals surface area contributed by atoms with Crippen LogP contribution >= 0.6 is 8.25 Å². The van der Waals surface area contributed by atoms with Crippen LogP contribution in [0.3, 0.4) is 0 Å². The molecule has 3 nitrogen and oxygen atoms in total. The van der Waals surface area contributed by atoms with E-state index in [0.29, 0.717) is 36.9 Å². The Hall–Kier alpha value is -1.41. The molecule has 0 radical (unpaired) electrons. The zero-order valence-corrected chi connectivity index (χ0v) is 35.1. The summed E-state index contributed by atoms with van der Waals surface area (Å²) in [6.07, 6.45) is 24.5. The molecule has 0 heterocycles. The quantitative estimate of drug-likeness (QED) is 0.0757. The monoisotopic (exact) mass is 711 g/mol. The molecule has 0 aliphatic rings. The summed E-state index contributed by atoms with van der Waals surface area (Å²) in [6, 6.07) is 13.5. The van der Waals surface area contributed by atoms with Gasteiger partial charge in [-0.2, -0.15) is 0 Å². The van der Waals surface area contributed by atoms with Gasteiger partial charge in [-0.15, -0.1) is 0 Å². The van der Waals surface area contributed by atoms with E-state index >= 15 is 0 Å². The lowest BCUT2D eigenvalue weighted by Gasteiger charge is -2.23. The van der Waals surface area contributed by atoms with Gasteiger partial charge in [-0.1, -0.05) is 195 Å². The van der Waals surface area contributed by atoms with Crippen molar-refractivity contribution in [1.82, 2.24) is 0 Å². The summed E-state index contributed by atoms with van der Waals surface area (Å²) >= 11 is 0. The molecule has 0 aliphatic heterocycles. The van der Waals surface area contributed by atoms with Crippen molar-refractivity contribution >= 4 is 8.25 Å². The Morgan fingerprint density at radius 2 is 0.760 bits per heavy atom. The van der Waals surface area contributed by atoms with Crippen molar-refractivity contribution < 1.29 is 13.6 Å². The van der Waals surface area contributed by atoms with Gasteiger partial charge in [0.2, 0.25) is 0 Å². The highest BCUT2D eigenvalue weighted by molar-refractivity contribution is 7.33. The number of unbranched alkanes of at least 4 members (excludes halogenated alkanes) is 4. The van der Waals surface area contributed by atoms with Gasteiger partial charge in [-0.05, 0) is 82.7 Å². The molecule has 0 aliphatic carbocycles. The molecule has 4 unspecified atom stereocenters. The maximum absolute atomic E-state index is 13.4. The minimum absolute atomic E-state index is 0.356. The molecule has 2 aromatic rings. The van der Waals surface area contributed by atoms with Gasteiger partial charge in [0.25, 0.3) is 0 Å². The van der Waals surface area contributed by atoms with Gasteiger partial charge in [0.15, 0.2) is 0 Å². The summed E-state index contributed by atoms with van der Waals surface area (Å²) in [4.78, 5) is 0. The summed E-state index contributed by atoms with van der Waals surface area (Å²) in [5, 5.41) is 0. The van der Waals surface area contributed by atoms with Gasteiger partial charge in [-0.25, -0.2) is 0 Å². The first-order chi connectivity index (χ1) is 24.4. The average molecular weight is 711 g/mol. The summed E-state index contributed by atoms with van der Waals surface area (Å²) in [5.74, 6) is 2.76. The number of hydrogen-bond donors (Lipinski definition) is 0. The van der Waals surface area contributed by atoms with Gasteiger partial charge in [0, 0.05) is 0 Å². The van der Waals surface area contributed by atoms with Crippen LogP contribution in [-0.2, 0) is 52.5 Å². The highest BCUT2D eigenvalue weighted by Crippen LogP contribution is 2.34. The second kappa shape index (κ2) is 27.2. The van der Waals surface area contributed by atoms with Crippen LogP contribution in [0.1, 0.15) is 192 Å². The molecule has 0 N–H and O–H groups in total. The van der Waals surface area contributed by atoms with Crippen LogP contribution in [0.4, 0.5) is 0 Å². The third kappa shape index (κ3) is 16.5. The van der Waals surface area contributed by atoms with Gasteiger partial charge in [0.1, 0.15) is 0 Å². The van der Waals surface area contributed by atoms with E-state index in [1.165, 1.54) is 136 Å². The molecule has 4 atom stereocenters. The first kappa shape index (κ1) is 44.7. The molecule has 0 aromatic heterocycles. The van der Waals surface area contributed by atoms with Crippen LogP contribution in [0.25, 0.3) is 0 Å². The van der Waals surface area contributed by atoms with Gasteiger partial charge in [-0.3, -0.25) is 4.57 Å². The second-order valence-electron chi connectivity index (χ2n) is 15.4. The van der Waals surface area contributed by atoms with Crippen LogP contribution < -0.4 is 0 Å². The number of hydrogen-bond acceptors (Lipinski definition) is 3. The predicted molar refractivity (Wildman–Crippen MR) is 220 cm³/mol. The molecule has 0 bridgehead atoms. The molecule has 286 valence electrons. The Morgan fingerprint density at radius 1 is 0.460 bits per heavy atom. The van der Waals surface area contributed by atoms with E-state index in [4.69, 9.17) is 9.05 Å². The summed E-state index contributed by atoms with van der Waals surface area (Å²) in [5.41, 5.74) is 8.24. The van der Waals surface area contributed by atoms with E-state index in [0.717, 1.165) is 25.7 Å². The van der Waals surface area contributed by atoms with E-state index in [1.54, 1.807) is 0 Å². The Morgan fingerprint density at radius 3 is 1.06 bits per heavy atom. The lowest BCUT2D eigenvalue weighted by molar-refractivity contribution is 0.211. The van der Waals surface area contributed by atoms with Crippen molar-refractivity contribution in [3.05, 3.63) is 69.8 Å². The average Bonchev–Trinajstić information content (AvgIpc) is 3.14. The van der Waals surface area contributed by atoms with Crippen molar-refractivity contribution in [2.24, 2.45) is 23.7 Å². The lowest BCUT2D eigenvalue weighted by Crippen LogP contribution is -2.12. The van der Waals surface area contributed by atoms with E-state index in [2.05, 4.69) is 91.8 Å². The van der Waals surface area contributed by atoms with Gasteiger partial charge in [0.05, 0.1) is 13.2 Å². The van der Waals surface area contributed by atoms with Crippen LogP contribution in [-0.4, -0.2) is 0 Å². The maximum Gasteiger partial charge on any atom is 0.319 e. The first-order valence-corrected chi connectivity index (χ1v) is 22.6. The van der Waals surface area contributed by atoms with E-state index in [1.807, 2.05) is 0 Å². The predicted octanol–water partition coefficient (Wildman–Crippen LogP) is 14.8. The minimum atomic E-state index is -2.67. The molecule has 0 saturated heterocycles. The molecule has 50 heavy (non-hydrogen) atoms. The van der Waals surface area contributed by atoms with Gasteiger partial charge >= 0.3 is 8.25 Å². The van der Waals surface area contributed by atoms with E-state index < -0.39 is 8.25 Å². The van der Waals surface area contributed by atoms with Crippen LogP contribution in [0.2, 0.25) is 0 Å². The normalized spacial score (nSPS) is 14.8. The molecule has 0 saturated carbocycles. The fraction of sp³-hybridized carbons (Fsp3) is 0.739. The fourth-order valence-corrected chi connectivity index (χ4v) is 8.47. The van der Waals surface area contributed by atoms with Crippen molar-refractivity contribution in [3.8, 4) is 0 Å².